The van der Waals surface area contributed by atoms with Crippen LogP contribution in [0.5, 0.6) is 0 Å². The summed E-state index contributed by atoms with van der Waals surface area (Å²) in [6, 6.07) is 15.2. The number of benzene rings is 2. The number of amides is 2. The number of hydrogen-bond acceptors (Lipinski definition) is 3. The highest BCUT2D eigenvalue weighted by molar-refractivity contribution is 6.01. The van der Waals surface area contributed by atoms with Crippen LogP contribution in [0.4, 0.5) is 0 Å². The van der Waals surface area contributed by atoms with Gasteiger partial charge in [-0.15, -0.1) is 0 Å². The highest BCUT2D eigenvalue weighted by atomic mass is 16.3. The maximum atomic E-state index is 14.2. The average Bonchev–Trinajstić information content (AvgIpc) is 2.88. The van der Waals surface area contributed by atoms with E-state index in [2.05, 4.69) is 24.1 Å². The standard InChI is InChI=1S/C32H40N2O3/c1-20(2)17-33-30(36)28-26-5-3-4-6-27(26)31(37)34(29(28)25-9-7-21(18-35)8-10-25)19-32-14-22-11-23(15-32)13-24(12-22)16-32/h3-10,20,22-24,28-29,35H,11-19H2,1-2H3,(H,33,36)/t22?,23?,24?,28-,29+,32?/m1/s1. The molecule has 4 bridgehead atoms. The van der Waals surface area contributed by atoms with Crippen molar-refractivity contribution < 1.29 is 14.7 Å². The summed E-state index contributed by atoms with van der Waals surface area (Å²) < 4.78 is 0. The summed E-state index contributed by atoms with van der Waals surface area (Å²) in [5, 5.41) is 12.8. The van der Waals surface area contributed by atoms with Crippen LogP contribution < -0.4 is 5.32 Å². The van der Waals surface area contributed by atoms with Gasteiger partial charge in [0.05, 0.1) is 18.6 Å². The molecule has 37 heavy (non-hydrogen) atoms. The molecule has 0 saturated heterocycles. The summed E-state index contributed by atoms with van der Waals surface area (Å²) >= 11 is 0. The largest absolute Gasteiger partial charge is 0.392 e. The summed E-state index contributed by atoms with van der Waals surface area (Å²) in [4.78, 5) is 30.2. The van der Waals surface area contributed by atoms with E-state index < -0.39 is 5.92 Å². The Kier molecular flexibility index (Phi) is 6.38. The lowest BCUT2D eigenvalue weighted by atomic mass is 9.49. The van der Waals surface area contributed by atoms with Crippen molar-refractivity contribution in [1.82, 2.24) is 10.2 Å². The van der Waals surface area contributed by atoms with E-state index in [9.17, 15) is 14.7 Å². The molecule has 1 heterocycles. The van der Waals surface area contributed by atoms with Crippen molar-refractivity contribution in [2.75, 3.05) is 13.1 Å². The topological polar surface area (TPSA) is 69.6 Å². The molecule has 2 aromatic carbocycles. The zero-order valence-corrected chi connectivity index (χ0v) is 22.2. The summed E-state index contributed by atoms with van der Waals surface area (Å²) in [6.07, 6.45) is 7.73. The Morgan fingerprint density at radius 3 is 2.22 bits per heavy atom. The molecular formula is C32H40N2O3. The molecule has 2 N–H and O–H groups in total. The predicted octanol–water partition coefficient (Wildman–Crippen LogP) is 5.45. The molecule has 2 amide bonds. The van der Waals surface area contributed by atoms with E-state index in [0.717, 1.165) is 41.0 Å². The van der Waals surface area contributed by atoms with Crippen LogP contribution in [0.1, 0.15) is 91.4 Å². The van der Waals surface area contributed by atoms with Gasteiger partial charge in [0.15, 0.2) is 0 Å². The van der Waals surface area contributed by atoms with Gasteiger partial charge in [0.2, 0.25) is 5.91 Å². The summed E-state index contributed by atoms with van der Waals surface area (Å²) in [5.41, 5.74) is 3.46. The lowest BCUT2D eigenvalue weighted by Gasteiger charge is -2.59. The van der Waals surface area contributed by atoms with Gasteiger partial charge in [-0.3, -0.25) is 9.59 Å². The van der Waals surface area contributed by atoms with Crippen molar-refractivity contribution in [3.8, 4) is 0 Å². The zero-order chi connectivity index (χ0) is 25.7. The van der Waals surface area contributed by atoms with E-state index in [1.165, 1.54) is 38.5 Å². The number of aliphatic hydroxyl groups is 1. The van der Waals surface area contributed by atoms with Crippen LogP contribution in [0, 0.1) is 29.1 Å². The van der Waals surface area contributed by atoms with E-state index in [4.69, 9.17) is 0 Å². The van der Waals surface area contributed by atoms with Gasteiger partial charge in [-0.25, -0.2) is 0 Å². The van der Waals surface area contributed by atoms with Crippen molar-refractivity contribution in [2.24, 2.45) is 29.1 Å². The molecule has 196 valence electrons. The Labute approximate surface area is 220 Å². The molecule has 0 radical (unpaired) electrons. The maximum absolute atomic E-state index is 14.2. The predicted molar refractivity (Wildman–Crippen MR) is 144 cm³/mol. The molecule has 5 aliphatic rings. The molecular weight excluding hydrogens is 460 g/mol. The molecule has 5 heteroatoms. The van der Waals surface area contributed by atoms with Crippen LogP contribution in [0.2, 0.25) is 0 Å². The number of aliphatic hydroxyl groups excluding tert-OH is 1. The van der Waals surface area contributed by atoms with Crippen molar-refractivity contribution in [3.63, 3.8) is 0 Å². The van der Waals surface area contributed by atoms with Crippen LogP contribution in [0.25, 0.3) is 0 Å². The van der Waals surface area contributed by atoms with Gasteiger partial charge in [-0.1, -0.05) is 56.3 Å². The summed E-state index contributed by atoms with van der Waals surface area (Å²) in [5.74, 6) is 2.30. The van der Waals surface area contributed by atoms with E-state index in [1.54, 1.807) is 0 Å². The highest BCUT2D eigenvalue weighted by Crippen LogP contribution is 2.61. The van der Waals surface area contributed by atoms with Crippen molar-refractivity contribution in [1.29, 1.82) is 0 Å². The first kappa shape index (κ1) is 24.7. The number of carbonyl (C=O) groups is 2. The third kappa shape index (κ3) is 4.50. The van der Waals surface area contributed by atoms with Gasteiger partial charge in [-0.2, -0.15) is 0 Å². The number of rotatable bonds is 7. The maximum Gasteiger partial charge on any atom is 0.254 e. The molecule has 4 saturated carbocycles. The van der Waals surface area contributed by atoms with Gasteiger partial charge in [0.1, 0.15) is 0 Å². The first-order valence-corrected chi connectivity index (χ1v) is 14.2. The third-order valence-corrected chi connectivity index (χ3v) is 9.58. The monoisotopic (exact) mass is 500 g/mol. The Morgan fingerprint density at radius 1 is 1.00 bits per heavy atom. The summed E-state index contributed by atoms with van der Waals surface area (Å²) in [6.45, 7) is 5.51. The van der Waals surface area contributed by atoms with E-state index in [1.807, 2.05) is 48.5 Å². The number of nitrogens with zero attached hydrogens (tertiary/aromatic N) is 1. The van der Waals surface area contributed by atoms with E-state index in [-0.39, 0.29) is 29.9 Å². The van der Waals surface area contributed by atoms with Crippen LogP contribution in [0.3, 0.4) is 0 Å². The quantitative estimate of drug-likeness (QED) is 0.531. The van der Waals surface area contributed by atoms with E-state index in [0.29, 0.717) is 18.0 Å². The smallest absolute Gasteiger partial charge is 0.254 e. The first-order chi connectivity index (χ1) is 17.9. The average molecular weight is 501 g/mol. The Hall–Kier alpha value is -2.66. The number of carbonyl (C=O) groups excluding carboxylic acids is 2. The van der Waals surface area contributed by atoms with Crippen LogP contribution >= 0.6 is 0 Å². The first-order valence-electron chi connectivity index (χ1n) is 14.2. The van der Waals surface area contributed by atoms with Crippen molar-refractivity contribution in [3.05, 3.63) is 70.8 Å². The lowest BCUT2D eigenvalue weighted by molar-refractivity contribution is -0.125. The molecule has 0 unspecified atom stereocenters. The minimum Gasteiger partial charge on any atom is -0.392 e. The molecule has 4 fully saturated rings. The van der Waals surface area contributed by atoms with Gasteiger partial charge in [0.25, 0.3) is 5.91 Å². The molecule has 7 rings (SSSR count). The van der Waals surface area contributed by atoms with Gasteiger partial charge in [-0.05, 0) is 90.4 Å². The van der Waals surface area contributed by atoms with Crippen molar-refractivity contribution >= 4 is 11.8 Å². The molecule has 1 aliphatic heterocycles. The molecule has 0 aromatic heterocycles. The minimum absolute atomic E-state index is 0.0135. The Balaban J connectivity index is 1.44. The van der Waals surface area contributed by atoms with Gasteiger partial charge >= 0.3 is 0 Å². The third-order valence-electron chi connectivity index (χ3n) is 9.58. The molecule has 0 spiro atoms. The zero-order valence-electron chi connectivity index (χ0n) is 22.2. The normalized spacial score (nSPS) is 32.1. The second-order valence-electron chi connectivity index (χ2n) is 12.9. The van der Waals surface area contributed by atoms with Crippen LogP contribution in [-0.2, 0) is 11.4 Å². The number of fused-ring (bicyclic) bond motifs is 1. The van der Waals surface area contributed by atoms with Gasteiger partial charge < -0.3 is 15.3 Å². The van der Waals surface area contributed by atoms with E-state index >= 15 is 0 Å². The number of nitrogens with one attached hydrogen (secondary N) is 1. The minimum atomic E-state index is -0.471. The Morgan fingerprint density at radius 2 is 1.62 bits per heavy atom. The SMILES string of the molecule is CC(C)CNC(=O)[C@@H]1c2ccccc2C(=O)N(CC23CC4CC(CC(C4)C2)C3)[C@H]1c1ccc(CO)cc1. The lowest BCUT2D eigenvalue weighted by Crippen LogP contribution is -2.55. The second kappa shape index (κ2) is 9.58. The molecule has 5 nitrogen and oxygen atoms in total. The second-order valence-corrected chi connectivity index (χ2v) is 12.9. The number of hydrogen-bond donors (Lipinski definition) is 2. The van der Waals surface area contributed by atoms with Gasteiger partial charge in [0, 0.05) is 18.7 Å². The fourth-order valence-electron chi connectivity index (χ4n) is 8.50. The highest BCUT2D eigenvalue weighted by Gasteiger charge is 2.54. The molecule has 2 atom stereocenters. The summed E-state index contributed by atoms with van der Waals surface area (Å²) in [7, 11) is 0. The molecule has 2 aromatic rings. The van der Waals surface area contributed by atoms with Crippen molar-refractivity contribution in [2.45, 2.75) is 70.9 Å². The fourth-order valence-corrected chi connectivity index (χ4v) is 8.50. The molecule has 4 aliphatic carbocycles. The van der Waals surface area contributed by atoms with Crippen LogP contribution in [-0.4, -0.2) is 34.9 Å². The van der Waals surface area contributed by atoms with Crippen LogP contribution in [0.15, 0.2) is 48.5 Å². The fraction of sp³-hybridized carbons (Fsp3) is 0.562. The Bertz CT molecular complexity index is 1140.